The molecule has 0 aromatic heterocycles. The fourth-order valence-corrected chi connectivity index (χ4v) is 1.03. The van der Waals surface area contributed by atoms with Crippen molar-refractivity contribution in [1.82, 2.24) is 0 Å². The summed E-state index contributed by atoms with van der Waals surface area (Å²) in [7, 11) is -0.141. The smallest absolute Gasteiger partial charge is 0.265 e. The average molecular weight is 163 g/mol. The van der Waals surface area contributed by atoms with Crippen molar-refractivity contribution in [3.8, 4) is 0 Å². The van der Waals surface area contributed by atoms with E-state index < -0.39 is 17.3 Å². The Balaban J connectivity index is 3.88. The van der Waals surface area contributed by atoms with Gasteiger partial charge < -0.3 is 0 Å². The quantitative estimate of drug-likeness (QED) is 0.338. The lowest BCUT2D eigenvalue weighted by Gasteiger charge is -1.88. The maximum atomic E-state index is 10.6. The minimum absolute atomic E-state index is 0.141. The lowest BCUT2D eigenvalue weighted by molar-refractivity contribution is -0.466. The zero-order valence-electron chi connectivity index (χ0n) is 5.86. The summed E-state index contributed by atoms with van der Waals surface area (Å²) < 4.78 is 0. The van der Waals surface area contributed by atoms with Gasteiger partial charge in [-0.1, -0.05) is 0 Å². The Kier molecular flexibility index (Phi) is 3.87. The maximum Gasteiger partial charge on any atom is 0.265 e. The number of nitrogens with zero attached hydrogens (tertiary/aromatic N) is 1. The van der Waals surface area contributed by atoms with Crippen LogP contribution in [-0.4, -0.2) is 35.1 Å². The van der Waals surface area contributed by atoms with Crippen LogP contribution in [0.2, 0.25) is 0 Å². The molecule has 58 valence electrons. The van der Waals surface area contributed by atoms with Crippen molar-refractivity contribution in [3.63, 3.8) is 0 Å². The van der Waals surface area contributed by atoms with Crippen molar-refractivity contribution in [3.05, 3.63) is 10.1 Å². The van der Waals surface area contributed by atoms with Gasteiger partial charge in [0.1, 0.15) is 0 Å². The van der Waals surface area contributed by atoms with E-state index in [4.69, 9.17) is 0 Å². The van der Waals surface area contributed by atoms with Crippen molar-refractivity contribution in [2.45, 2.75) is 0 Å². The van der Waals surface area contributed by atoms with Gasteiger partial charge in [0.05, 0.1) is 0 Å². The molecule has 0 heterocycles. The van der Waals surface area contributed by atoms with Crippen LogP contribution in [0.1, 0.15) is 0 Å². The maximum absolute atomic E-state index is 10.6. The Labute approximate surface area is 61.3 Å². The summed E-state index contributed by atoms with van der Waals surface area (Å²) in [6.07, 6.45) is 3.66. The molecule has 0 aromatic rings. The van der Waals surface area contributed by atoms with Gasteiger partial charge >= 0.3 is 0 Å². The SMILES string of the molecule is CS(C)=CC(=O)C[N+](=O)[O-]. The minimum atomic E-state index is -0.619. The highest BCUT2D eigenvalue weighted by Gasteiger charge is 2.04. The van der Waals surface area contributed by atoms with Gasteiger partial charge in [0.2, 0.25) is 5.78 Å². The minimum Gasteiger partial charge on any atom is -0.287 e. The number of ketones is 1. The number of hydrogen-bond donors (Lipinski definition) is 0. The number of hydrogen-bond acceptors (Lipinski definition) is 3. The van der Waals surface area contributed by atoms with E-state index in [0.29, 0.717) is 0 Å². The van der Waals surface area contributed by atoms with E-state index in [1.807, 2.05) is 12.5 Å². The van der Waals surface area contributed by atoms with E-state index in [9.17, 15) is 14.9 Å². The molecular formula is C5H9NO3S. The molecule has 0 aliphatic carbocycles. The summed E-state index contributed by atoms with van der Waals surface area (Å²) in [5.74, 6) is -0.404. The number of carbonyl (C=O) groups is 1. The highest BCUT2D eigenvalue weighted by molar-refractivity contribution is 8.14. The molecule has 0 spiro atoms. The first-order chi connectivity index (χ1) is 4.52. The third kappa shape index (κ3) is 5.43. The molecule has 0 rings (SSSR count). The fraction of sp³-hybridized carbons (Fsp3) is 0.600. The van der Waals surface area contributed by atoms with Crippen LogP contribution in [0.15, 0.2) is 0 Å². The van der Waals surface area contributed by atoms with Gasteiger partial charge in [-0.3, -0.25) is 14.9 Å². The van der Waals surface area contributed by atoms with Crippen LogP contribution in [0.4, 0.5) is 0 Å². The van der Waals surface area contributed by atoms with Crippen LogP contribution in [0.5, 0.6) is 0 Å². The Bertz CT molecular complexity index is 183. The lowest BCUT2D eigenvalue weighted by atomic mass is 10.5. The molecule has 0 amide bonds. The van der Waals surface area contributed by atoms with Crippen molar-refractivity contribution < 1.29 is 9.72 Å². The zero-order valence-corrected chi connectivity index (χ0v) is 6.68. The zero-order chi connectivity index (χ0) is 8.15. The van der Waals surface area contributed by atoms with Crippen molar-refractivity contribution >= 4 is 21.6 Å². The molecule has 4 nitrogen and oxygen atoms in total. The monoisotopic (exact) mass is 163 g/mol. The summed E-state index contributed by atoms with van der Waals surface area (Å²) in [4.78, 5) is 19.7. The standard InChI is InChI=1S/C5H9NO3S/c1-10(2)4-5(7)3-6(8)9/h4H,3H2,1-2H3. The first kappa shape index (κ1) is 9.29. The first-order valence-electron chi connectivity index (χ1n) is 2.58. The molecule has 0 aliphatic rings. The third-order valence-corrected chi connectivity index (χ3v) is 1.39. The Morgan fingerprint density at radius 2 is 2.20 bits per heavy atom. The van der Waals surface area contributed by atoms with Crippen molar-refractivity contribution in [2.24, 2.45) is 0 Å². The van der Waals surface area contributed by atoms with Crippen molar-refractivity contribution in [2.75, 3.05) is 19.1 Å². The van der Waals surface area contributed by atoms with Crippen LogP contribution in [0, 0.1) is 10.1 Å². The average Bonchev–Trinajstić information content (AvgIpc) is 1.58. The number of carbonyl (C=O) groups excluding carboxylic acids is 1. The molecule has 0 saturated carbocycles. The molecule has 10 heavy (non-hydrogen) atoms. The van der Waals surface area contributed by atoms with E-state index in [-0.39, 0.29) is 10.5 Å². The summed E-state index contributed by atoms with van der Waals surface area (Å²) in [6.45, 7) is -0.578. The van der Waals surface area contributed by atoms with Gasteiger partial charge in [0.15, 0.2) is 0 Å². The van der Waals surface area contributed by atoms with Crippen LogP contribution in [0.25, 0.3) is 0 Å². The highest BCUT2D eigenvalue weighted by atomic mass is 32.2. The van der Waals surface area contributed by atoms with E-state index in [1.54, 1.807) is 0 Å². The van der Waals surface area contributed by atoms with Gasteiger partial charge in [0.25, 0.3) is 6.54 Å². The molecule has 0 atom stereocenters. The van der Waals surface area contributed by atoms with Crippen LogP contribution in [0.3, 0.4) is 0 Å². The molecule has 5 heteroatoms. The third-order valence-electron chi connectivity index (χ3n) is 0.652. The lowest BCUT2D eigenvalue weighted by Crippen LogP contribution is -2.14. The van der Waals surface area contributed by atoms with Crippen LogP contribution in [-0.2, 0) is 4.79 Å². The molecule has 0 saturated heterocycles. The van der Waals surface area contributed by atoms with Crippen LogP contribution < -0.4 is 0 Å². The Morgan fingerprint density at radius 3 is 2.50 bits per heavy atom. The number of Topliss-reactive ketones (excluding diaryl/α,β-unsaturated/α-hetero) is 1. The molecule has 0 aromatic carbocycles. The Morgan fingerprint density at radius 1 is 1.70 bits per heavy atom. The molecule has 0 unspecified atom stereocenters. The summed E-state index contributed by atoms with van der Waals surface area (Å²) >= 11 is 0. The highest BCUT2D eigenvalue weighted by Crippen LogP contribution is 1.94. The molecule has 0 aliphatic heterocycles. The number of nitro groups is 1. The van der Waals surface area contributed by atoms with E-state index in [1.165, 1.54) is 5.37 Å². The van der Waals surface area contributed by atoms with Gasteiger partial charge in [-0.2, -0.15) is 10.5 Å². The largest absolute Gasteiger partial charge is 0.287 e. The van der Waals surface area contributed by atoms with Gasteiger partial charge in [0, 0.05) is 10.3 Å². The van der Waals surface area contributed by atoms with Gasteiger partial charge in [-0.25, -0.2) is 0 Å². The topological polar surface area (TPSA) is 60.2 Å². The van der Waals surface area contributed by atoms with E-state index in [2.05, 4.69) is 0 Å². The molecule has 0 bridgehead atoms. The first-order valence-corrected chi connectivity index (χ1v) is 4.68. The van der Waals surface area contributed by atoms with Gasteiger partial charge in [-0.15, -0.1) is 0 Å². The summed E-state index contributed by atoms with van der Waals surface area (Å²) in [6, 6.07) is 0. The van der Waals surface area contributed by atoms with Crippen LogP contribution >= 0.6 is 10.5 Å². The molecular weight excluding hydrogens is 154 g/mol. The number of rotatable bonds is 3. The normalized spacial score (nSPS) is 9.50. The second-order valence-electron chi connectivity index (χ2n) is 1.95. The predicted molar refractivity (Wildman–Crippen MR) is 42.4 cm³/mol. The fourth-order valence-electron chi connectivity index (χ4n) is 0.427. The second-order valence-corrected chi connectivity index (χ2v) is 3.95. The molecule has 0 radical (unpaired) electrons. The predicted octanol–water partition coefficient (Wildman–Crippen LogP) is 0.163. The summed E-state index contributed by atoms with van der Waals surface area (Å²) in [5, 5.41) is 11.1. The second kappa shape index (κ2) is 4.16. The molecule has 0 N–H and O–H groups in total. The van der Waals surface area contributed by atoms with Gasteiger partial charge in [-0.05, 0) is 12.5 Å². The molecule has 0 fully saturated rings. The van der Waals surface area contributed by atoms with E-state index >= 15 is 0 Å². The Hall–Kier alpha value is -0.710. The van der Waals surface area contributed by atoms with Crippen molar-refractivity contribution in [1.29, 1.82) is 0 Å². The summed E-state index contributed by atoms with van der Waals surface area (Å²) in [5.41, 5.74) is 0. The van der Waals surface area contributed by atoms with E-state index in [0.717, 1.165) is 0 Å².